The molecule has 1 atom stereocenters. The molecule has 1 aliphatic heterocycles. The van der Waals surface area contributed by atoms with Gasteiger partial charge in [0.05, 0.1) is 0 Å². The molecule has 0 saturated carbocycles. The molecule has 142 valence electrons. The van der Waals surface area contributed by atoms with E-state index in [2.05, 4.69) is 0 Å². The second-order valence-electron chi connectivity index (χ2n) is 6.22. The second-order valence-corrected chi connectivity index (χ2v) is 6.22. The highest BCUT2D eigenvalue weighted by Gasteiger charge is 2.35. The number of carbonyl (C=O) groups is 1. The number of nitrogens with zero attached hydrogens (tertiary/aromatic N) is 1. The summed E-state index contributed by atoms with van der Waals surface area (Å²) in [6.07, 6.45) is -3.62. The molecule has 2 N–H and O–H groups in total. The Hall–Kier alpha value is -1.67. The molecule has 1 aromatic carbocycles. The van der Waals surface area contributed by atoms with Crippen molar-refractivity contribution in [2.45, 2.75) is 19.5 Å². The van der Waals surface area contributed by atoms with Crippen LogP contribution < -0.4 is 15.2 Å². The molecule has 1 amide bonds. The van der Waals surface area contributed by atoms with Gasteiger partial charge in [0.2, 0.25) is 0 Å². The molecule has 9 heteroatoms. The predicted molar refractivity (Wildman–Crippen MR) is 89.1 cm³/mol. The Balaban J connectivity index is 0.00000312. The third-order valence-electron chi connectivity index (χ3n) is 4.00. The summed E-state index contributed by atoms with van der Waals surface area (Å²) in [7, 11) is 0. The van der Waals surface area contributed by atoms with Crippen molar-refractivity contribution in [1.82, 2.24) is 4.90 Å². The number of nitrogens with two attached hydrogens (primary N) is 1. The first-order valence-electron chi connectivity index (χ1n) is 7.62. The fourth-order valence-corrected chi connectivity index (χ4v) is 2.48. The lowest BCUT2D eigenvalue weighted by Crippen LogP contribution is -2.36. The molecule has 1 aromatic rings. The zero-order valence-corrected chi connectivity index (χ0v) is 14.7. The highest BCUT2D eigenvalue weighted by molar-refractivity contribution is 5.85. The minimum atomic E-state index is -4.44. The maximum atomic E-state index is 12.3. The first kappa shape index (κ1) is 21.4. The van der Waals surface area contributed by atoms with Crippen molar-refractivity contribution in [3.63, 3.8) is 0 Å². The smallest absolute Gasteiger partial charge is 0.422 e. The summed E-state index contributed by atoms with van der Waals surface area (Å²) in [6, 6.07) is 5.97. The van der Waals surface area contributed by atoms with Gasteiger partial charge < -0.3 is 20.1 Å². The molecule has 1 fully saturated rings. The summed E-state index contributed by atoms with van der Waals surface area (Å²) in [5.74, 6) is -0.162. The summed E-state index contributed by atoms with van der Waals surface area (Å²) in [6.45, 7) is 1.99. The number of hydrogen-bond acceptors (Lipinski definition) is 4. The van der Waals surface area contributed by atoms with Gasteiger partial charge in [0, 0.05) is 13.1 Å². The van der Waals surface area contributed by atoms with E-state index in [9.17, 15) is 18.0 Å². The SMILES string of the molecule is CC1(CN)CCN(C(=O)COc2ccccc2OCC(F)(F)F)C1.Cl. The normalized spacial score (nSPS) is 20.1. The summed E-state index contributed by atoms with van der Waals surface area (Å²) < 4.78 is 46.9. The number of alkyl halides is 3. The zero-order chi connectivity index (χ0) is 17.8. The number of amides is 1. The van der Waals surface area contributed by atoms with Gasteiger partial charge in [0.25, 0.3) is 5.91 Å². The van der Waals surface area contributed by atoms with Crippen molar-refractivity contribution in [2.24, 2.45) is 11.1 Å². The molecule has 5 nitrogen and oxygen atoms in total. The molecule has 1 aliphatic rings. The van der Waals surface area contributed by atoms with Crippen molar-refractivity contribution >= 4 is 18.3 Å². The van der Waals surface area contributed by atoms with Gasteiger partial charge in [-0.2, -0.15) is 13.2 Å². The van der Waals surface area contributed by atoms with Crippen molar-refractivity contribution < 1.29 is 27.4 Å². The molecular weight excluding hydrogens is 361 g/mol. The second kappa shape index (κ2) is 8.62. The molecule has 1 saturated heterocycles. The van der Waals surface area contributed by atoms with Crippen LogP contribution in [-0.4, -0.2) is 49.8 Å². The Bertz CT molecular complexity index is 586. The van der Waals surface area contributed by atoms with Crippen LogP contribution in [-0.2, 0) is 4.79 Å². The number of rotatable bonds is 6. The maximum absolute atomic E-state index is 12.3. The Labute approximate surface area is 150 Å². The predicted octanol–water partition coefficient (Wildman–Crippen LogP) is 2.63. The van der Waals surface area contributed by atoms with Crippen LogP contribution in [0.4, 0.5) is 13.2 Å². The quantitative estimate of drug-likeness (QED) is 0.821. The molecule has 0 aromatic heterocycles. The fraction of sp³-hybridized carbons (Fsp3) is 0.562. The van der Waals surface area contributed by atoms with Crippen molar-refractivity contribution in [3.8, 4) is 11.5 Å². The summed E-state index contributed by atoms with van der Waals surface area (Å²) in [5, 5.41) is 0. The lowest BCUT2D eigenvalue weighted by molar-refractivity contribution is -0.153. The van der Waals surface area contributed by atoms with Gasteiger partial charge in [0.15, 0.2) is 24.7 Å². The Morgan fingerprint density at radius 1 is 1.28 bits per heavy atom. The number of benzene rings is 1. The molecule has 0 spiro atoms. The van der Waals surface area contributed by atoms with Crippen LogP contribution in [0.5, 0.6) is 11.5 Å². The molecule has 25 heavy (non-hydrogen) atoms. The highest BCUT2D eigenvalue weighted by Crippen LogP contribution is 2.30. The van der Waals surface area contributed by atoms with E-state index >= 15 is 0 Å². The molecule has 0 radical (unpaired) electrons. The summed E-state index contributed by atoms with van der Waals surface area (Å²) >= 11 is 0. The number of likely N-dealkylation sites (tertiary alicyclic amines) is 1. The lowest BCUT2D eigenvalue weighted by atomic mass is 9.90. The third-order valence-corrected chi connectivity index (χ3v) is 4.00. The van der Waals surface area contributed by atoms with Gasteiger partial charge in [-0.05, 0) is 30.5 Å². The van der Waals surface area contributed by atoms with Gasteiger partial charge in [0.1, 0.15) is 0 Å². The first-order chi connectivity index (χ1) is 11.2. The molecular formula is C16H22ClF3N2O3. The van der Waals surface area contributed by atoms with Gasteiger partial charge in [-0.3, -0.25) is 4.79 Å². The summed E-state index contributed by atoms with van der Waals surface area (Å²) in [4.78, 5) is 13.8. The van der Waals surface area contributed by atoms with E-state index in [4.69, 9.17) is 15.2 Å². The van der Waals surface area contributed by atoms with Crippen LogP contribution in [0, 0.1) is 5.41 Å². The Morgan fingerprint density at radius 2 is 1.88 bits per heavy atom. The Morgan fingerprint density at radius 3 is 2.40 bits per heavy atom. The van der Waals surface area contributed by atoms with Crippen molar-refractivity contribution in [1.29, 1.82) is 0 Å². The van der Waals surface area contributed by atoms with E-state index in [0.717, 1.165) is 6.42 Å². The zero-order valence-electron chi connectivity index (χ0n) is 13.8. The number of hydrogen-bond donors (Lipinski definition) is 1. The van der Waals surface area contributed by atoms with Gasteiger partial charge >= 0.3 is 6.18 Å². The third kappa shape index (κ3) is 6.28. The number of carbonyl (C=O) groups excluding carboxylic acids is 1. The molecule has 1 unspecified atom stereocenters. The molecule has 0 aliphatic carbocycles. The van der Waals surface area contributed by atoms with Gasteiger partial charge in [-0.25, -0.2) is 0 Å². The highest BCUT2D eigenvalue weighted by atomic mass is 35.5. The largest absolute Gasteiger partial charge is 0.480 e. The monoisotopic (exact) mass is 382 g/mol. The van der Waals surface area contributed by atoms with E-state index in [1.165, 1.54) is 18.2 Å². The van der Waals surface area contributed by atoms with Gasteiger partial charge in [-0.1, -0.05) is 19.1 Å². The van der Waals surface area contributed by atoms with E-state index < -0.39 is 12.8 Å². The minimum Gasteiger partial charge on any atom is -0.480 e. The van der Waals surface area contributed by atoms with Crippen LogP contribution in [0.3, 0.4) is 0 Å². The lowest BCUT2D eigenvalue weighted by Gasteiger charge is -2.22. The number of ether oxygens (including phenoxy) is 2. The van der Waals surface area contributed by atoms with E-state index in [1.54, 1.807) is 11.0 Å². The number of halogens is 4. The fourth-order valence-electron chi connectivity index (χ4n) is 2.48. The van der Waals surface area contributed by atoms with E-state index in [-0.39, 0.29) is 41.8 Å². The van der Waals surface area contributed by atoms with Crippen molar-refractivity contribution in [2.75, 3.05) is 32.8 Å². The van der Waals surface area contributed by atoms with E-state index in [1.807, 2.05) is 6.92 Å². The number of para-hydroxylation sites is 2. The maximum Gasteiger partial charge on any atom is 0.422 e. The molecule has 2 rings (SSSR count). The average molecular weight is 383 g/mol. The molecule has 0 bridgehead atoms. The van der Waals surface area contributed by atoms with Crippen LogP contribution in [0.2, 0.25) is 0 Å². The van der Waals surface area contributed by atoms with Crippen LogP contribution in [0.25, 0.3) is 0 Å². The standard InChI is InChI=1S/C16H21F3N2O3.ClH/c1-15(9-20)6-7-21(10-15)14(22)8-23-12-4-2-3-5-13(12)24-11-16(17,18)19;/h2-5H,6-11,20H2,1H3;1H. The first-order valence-corrected chi connectivity index (χ1v) is 7.62. The molecule has 1 heterocycles. The van der Waals surface area contributed by atoms with Gasteiger partial charge in [-0.15, -0.1) is 12.4 Å². The topological polar surface area (TPSA) is 64.8 Å². The Kier molecular flexibility index (Phi) is 7.37. The van der Waals surface area contributed by atoms with Crippen molar-refractivity contribution in [3.05, 3.63) is 24.3 Å². The summed E-state index contributed by atoms with van der Waals surface area (Å²) in [5.41, 5.74) is 5.61. The minimum absolute atomic E-state index is 0. The van der Waals surface area contributed by atoms with Crippen LogP contribution in [0.15, 0.2) is 24.3 Å². The van der Waals surface area contributed by atoms with E-state index in [0.29, 0.717) is 19.6 Å². The van der Waals surface area contributed by atoms with Crippen LogP contribution in [0.1, 0.15) is 13.3 Å². The average Bonchev–Trinajstić information content (AvgIpc) is 2.94. The van der Waals surface area contributed by atoms with Crippen LogP contribution >= 0.6 is 12.4 Å².